The lowest BCUT2D eigenvalue weighted by Gasteiger charge is -2.27. The van der Waals surface area contributed by atoms with E-state index in [0.29, 0.717) is 11.9 Å². The van der Waals surface area contributed by atoms with Crippen molar-refractivity contribution in [2.24, 2.45) is 5.73 Å². The summed E-state index contributed by atoms with van der Waals surface area (Å²) in [6.45, 7) is 0.883. The van der Waals surface area contributed by atoms with Crippen LogP contribution in [0.4, 0.5) is 0 Å². The summed E-state index contributed by atoms with van der Waals surface area (Å²) in [7, 11) is -2.93. The van der Waals surface area contributed by atoms with E-state index in [0.717, 1.165) is 58.0 Å². The molecule has 2 fully saturated rings. The Hall–Kier alpha value is -0.130. The summed E-state index contributed by atoms with van der Waals surface area (Å²) < 4.78 is 29.4. The quantitative estimate of drug-likeness (QED) is 0.828. The number of ether oxygens (including phenoxy) is 1. The minimum absolute atomic E-state index is 0.184. The Morgan fingerprint density at radius 1 is 1.22 bits per heavy atom. The van der Waals surface area contributed by atoms with Gasteiger partial charge in [0.05, 0.1) is 17.1 Å². The number of sulfone groups is 1. The van der Waals surface area contributed by atoms with Crippen molar-refractivity contribution in [2.45, 2.75) is 68.8 Å². The zero-order chi connectivity index (χ0) is 13.0. The maximum absolute atomic E-state index is 11.9. The van der Waals surface area contributed by atoms with Gasteiger partial charge in [-0.2, -0.15) is 0 Å². The van der Waals surface area contributed by atoms with E-state index in [-0.39, 0.29) is 11.3 Å². The largest absolute Gasteiger partial charge is 0.378 e. The predicted octanol–water partition coefficient (Wildman–Crippen LogP) is 1.63. The fourth-order valence-corrected chi connectivity index (χ4v) is 5.20. The molecule has 0 amide bonds. The van der Waals surface area contributed by atoms with Crippen molar-refractivity contribution in [3.63, 3.8) is 0 Å². The number of hydrogen-bond donors (Lipinski definition) is 1. The molecule has 0 aromatic rings. The van der Waals surface area contributed by atoms with Crippen LogP contribution in [0.5, 0.6) is 0 Å². The SMILES string of the molecule is NC(CCCC1CCCO1)C1CCCCS1(=O)=O. The van der Waals surface area contributed by atoms with Gasteiger partial charge in [0, 0.05) is 12.6 Å². The van der Waals surface area contributed by atoms with Crippen LogP contribution in [0.1, 0.15) is 51.4 Å². The third-order valence-corrected chi connectivity index (χ3v) is 6.56. The lowest BCUT2D eigenvalue weighted by molar-refractivity contribution is 0.101. The molecule has 5 heteroatoms. The van der Waals surface area contributed by atoms with E-state index < -0.39 is 9.84 Å². The van der Waals surface area contributed by atoms with E-state index in [9.17, 15) is 8.42 Å². The molecule has 3 atom stereocenters. The van der Waals surface area contributed by atoms with E-state index in [2.05, 4.69) is 0 Å². The van der Waals surface area contributed by atoms with Gasteiger partial charge in [0.25, 0.3) is 0 Å². The second-order valence-electron chi connectivity index (χ2n) is 5.63. The molecule has 0 saturated carbocycles. The normalized spacial score (nSPS) is 33.4. The highest BCUT2D eigenvalue weighted by Gasteiger charge is 2.33. The monoisotopic (exact) mass is 275 g/mol. The van der Waals surface area contributed by atoms with Crippen molar-refractivity contribution in [3.05, 3.63) is 0 Å². The fourth-order valence-electron chi connectivity index (χ4n) is 3.10. The van der Waals surface area contributed by atoms with E-state index in [1.54, 1.807) is 0 Å². The second kappa shape index (κ2) is 6.35. The number of hydrogen-bond acceptors (Lipinski definition) is 4. The topological polar surface area (TPSA) is 69.4 Å². The maximum atomic E-state index is 11.9. The highest BCUT2D eigenvalue weighted by Crippen LogP contribution is 2.24. The van der Waals surface area contributed by atoms with Gasteiger partial charge in [-0.25, -0.2) is 8.42 Å². The van der Waals surface area contributed by atoms with E-state index in [1.165, 1.54) is 0 Å². The Labute approximate surface area is 110 Å². The molecule has 0 aromatic heterocycles. The molecule has 18 heavy (non-hydrogen) atoms. The summed E-state index contributed by atoms with van der Waals surface area (Å²) in [6, 6.07) is -0.184. The zero-order valence-electron chi connectivity index (χ0n) is 11.0. The highest BCUT2D eigenvalue weighted by atomic mass is 32.2. The predicted molar refractivity (Wildman–Crippen MR) is 72.2 cm³/mol. The smallest absolute Gasteiger partial charge is 0.154 e. The van der Waals surface area contributed by atoms with Crippen LogP contribution in [0, 0.1) is 0 Å². The lowest BCUT2D eigenvalue weighted by atomic mass is 10.0. The van der Waals surface area contributed by atoms with Crippen molar-refractivity contribution >= 4 is 9.84 Å². The molecule has 0 bridgehead atoms. The summed E-state index contributed by atoms with van der Waals surface area (Å²) in [5, 5.41) is -0.296. The highest BCUT2D eigenvalue weighted by molar-refractivity contribution is 7.92. The molecule has 2 aliphatic heterocycles. The van der Waals surface area contributed by atoms with Gasteiger partial charge in [-0.3, -0.25) is 0 Å². The molecule has 106 valence electrons. The number of nitrogens with two attached hydrogens (primary N) is 1. The first-order chi connectivity index (χ1) is 8.59. The van der Waals surface area contributed by atoms with Gasteiger partial charge in [0.1, 0.15) is 0 Å². The van der Waals surface area contributed by atoms with Crippen LogP contribution in [0.3, 0.4) is 0 Å². The van der Waals surface area contributed by atoms with Gasteiger partial charge in [0.2, 0.25) is 0 Å². The Balaban J connectivity index is 1.74. The van der Waals surface area contributed by atoms with E-state index >= 15 is 0 Å². The number of rotatable bonds is 5. The minimum atomic E-state index is -2.93. The van der Waals surface area contributed by atoms with Crippen LogP contribution in [0.2, 0.25) is 0 Å². The molecule has 0 aliphatic carbocycles. The standard InChI is InChI=1S/C13H25NO3S/c14-12(7-3-5-11-6-4-9-17-11)13-8-1-2-10-18(13,15)16/h11-13H,1-10,14H2. The first-order valence-corrected chi connectivity index (χ1v) is 8.90. The van der Waals surface area contributed by atoms with Gasteiger partial charge in [0.15, 0.2) is 9.84 Å². The molecule has 4 nitrogen and oxygen atoms in total. The Morgan fingerprint density at radius 2 is 2.06 bits per heavy atom. The van der Waals surface area contributed by atoms with Gasteiger partial charge in [-0.1, -0.05) is 6.42 Å². The van der Waals surface area contributed by atoms with Gasteiger partial charge >= 0.3 is 0 Å². The molecule has 3 unspecified atom stereocenters. The summed E-state index contributed by atoms with van der Waals surface area (Å²) in [6.07, 6.45) is 8.08. The van der Waals surface area contributed by atoms with Gasteiger partial charge < -0.3 is 10.5 Å². The molecule has 2 heterocycles. The van der Waals surface area contributed by atoms with Crippen LogP contribution in [-0.2, 0) is 14.6 Å². The Kier molecular flexibility index (Phi) is 5.04. The zero-order valence-corrected chi connectivity index (χ0v) is 11.8. The van der Waals surface area contributed by atoms with Gasteiger partial charge in [-0.05, 0) is 44.9 Å². The van der Waals surface area contributed by atoms with Crippen LogP contribution in [0.25, 0.3) is 0 Å². The molecule has 0 aromatic carbocycles. The van der Waals surface area contributed by atoms with Crippen LogP contribution >= 0.6 is 0 Å². The van der Waals surface area contributed by atoms with Crippen molar-refractivity contribution in [2.75, 3.05) is 12.4 Å². The second-order valence-corrected chi connectivity index (χ2v) is 7.97. The van der Waals surface area contributed by atoms with Crippen LogP contribution in [0.15, 0.2) is 0 Å². The summed E-state index contributed by atoms with van der Waals surface area (Å²) >= 11 is 0. The summed E-state index contributed by atoms with van der Waals surface area (Å²) in [4.78, 5) is 0. The average molecular weight is 275 g/mol. The lowest BCUT2D eigenvalue weighted by Crippen LogP contribution is -2.43. The molecule has 2 aliphatic rings. The molecule has 2 saturated heterocycles. The van der Waals surface area contributed by atoms with Crippen LogP contribution in [-0.4, -0.2) is 38.2 Å². The minimum Gasteiger partial charge on any atom is -0.378 e. The van der Waals surface area contributed by atoms with Crippen molar-refractivity contribution in [1.82, 2.24) is 0 Å². The van der Waals surface area contributed by atoms with Crippen LogP contribution < -0.4 is 5.73 Å². The molecule has 2 N–H and O–H groups in total. The Bertz CT molecular complexity index is 349. The molecule has 0 radical (unpaired) electrons. The average Bonchev–Trinajstić information content (AvgIpc) is 2.81. The maximum Gasteiger partial charge on any atom is 0.154 e. The first kappa shape index (κ1) is 14.3. The van der Waals surface area contributed by atoms with Crippen molar-refractivity contribution < 1.29 is 13.2 Å². The molecular weight excluding hydrogens is 250 g/mol. The van der Waals surface area contributed by atoms with E-state index in [1.807, 2.05) is 0 Å². The van der Waals surface area contributed by atoms with E-state index in [4.69, 9.17) is 10.5 Å². The summed E-state index contributed by atoms with van der Waals surface area (Å²) in [5.74, 6) is 0.330. The first-order valence-electron chi connectivity index (χ1n) is 7.18. The molecule has 0 spiro atoms. The fraction of sp³-hybridized carbons (Fsp3) is 1.00. The summed E-state index contributed by atoms with van der Waals surface area (Å²) in [5.41, 5.74) is 6.09. The van der Waals surface area contributed by atoms with Crippen molar-refractivity contribution in [1.29, 1.82) is 0 Å². The Morgan fingerprint density at radius 3 is 2.72 bits per heavy atom. The third kappa shape index (κ3) is 3.68. The van der Waals surface area contributed by atoms with Gasteiger partial charge in [-0.15, -0.1) is 0 Å². The van der Waals surface area contributed by atoms with Crippen molar-refractivity contribution in [3.8, 4) is 0 Å². The molecule has 2 rings (SSSR count). The molecular formula is C13H25NO3S. The third-order valence-electron chi connectivity index (χ3n) is 4.19.